The molecule has 0 fully saturated rings. The van der Waals surface area contributed by atoms with Gasteiger partial charge in [0.1, 0.15) is 5.56 Å². The Morgan fingerprint density at radius 2 is 1.62 bits per heavy atom. The Labute approximate surface area is 133 Å². The maximum Gasteiger partial charge on any atom is 0.418 e. The molecule has 1 heterocycles. The van der Waals surface area contributed by atoms with Crippen LogP contribution in [0, 0.1) is 0 Å². The van der Waals surface area contributed by atoms with Crippen LogP contribution in [0.4, 0.5) is 13.2 Å². The predicted octanol–water partition coefficient (Wildman–Crippen LogP) is 3.11. The molecule has 7 heteroatoms. The minimum absolute atomic E-state index is 0.116. The van der Waals surface area contributed by atoms with Crippen molar-refractivity contribution in [1.29, 1.82) is 0 Å². The highest BCUT2D eigenvalue weighted by Crippen LogP contribution is 2.34. The van der Waals surface area contributed by atoms with Gasteiger partial charge in [0.2, 0.25) is 5.43 Å². The summed E-state index contributed by atoms with van der Waals surface area (Å²) in [5.74, 6) is -0.996. The molecule has 0 aliphatic rings. The summed E-state index contributed by atoms with van der Waals surface area (Å²) in [6.07, 6.45) is -3.54. The molecular formula is C17H11F3N2O2. The smallest absolute Gasteiger partial charge is 0.365 e. The second-order valence-corrected chi connectivity index (χ2v) is 5.14. The summed E-state index contributed by atoms with van der Waals surface area (Å²) in [7, 11) is 0. The second-order valence-electron chi connectivity index (χ2n) is 5.14. The fourth-order valence-corrected chi connectivity index (χ4v) is 2.58. The van der Waals surface area contributed by atoms with Crippen LogP contribution in [0.5, 0.6) is 0 Å². The number of hydrogen-bond acceptors (Lipinski definition) is 2. The first kappa shape index (κ1) is 15.8. The molecule has 4 nitrogen and oxygen atoms in total. The number of carbonyl (C=O) groups excluding carboxylic acids is 1. The fraction of sp³-hybridized carbons (Fsp3) is 0.0588. The molecule has 1 aromatic heterocycles. The van der Waals surface area contributed by atoms with Crippen LogP contribution in [0.3, 0.4) is 0 Å². The zero-order chi connectivity index (χ0) is 17.5. The van der Waals surface area contributed by atoms with Crippen molar-refractivity contribution in [3.8, 4) is 5.69 Å². The number of pyridine rings is 1. The van der Waals surface area contributed by atoms with Crippen molar-refractivity contribution in [3.05, 3.63) is 76.1 Å². The summed E-state index contributed by atoms with van der Waals surface area (Å²) in [6.45, 7) is 0. The molecule has 3 aromatic rings. The summed E-state index contributed by atoms with van der Waals surface area (Å²) in [5, 5.41) is 0.116. The van der Waals surface area contributed by atoms with Crippen molar-refractivity contribution in [2.24, 2.45) is 5.73 Å². The normalized spacial score (nSPS) is 11.6. The topological polar surface area (TPSA) is 65.1 Å². The highest BCUT2D eigenvalue weighted by molar-refractivity contribution is 5.96. The fourth-order valence-electron chi connectivity index (χ4n) is 2.58. The van der Waals surface area contributed by atoms with Crippen LogP contribution < -0.4 is 11.2 Å². The number of rotatable bonds is 2. The molecule has 0 saturated carbocycles. The summed E-state index contributed by atoms with van der Waals surface area (Å²) in [4.78, 5) is 23.8. The monoisotopic (exact) mass is 332 g/mol. The first-order chi connectivity index (χ1) is 11.3. The van der Waals surface area contributed by atoms with Crippen LogP contribution in [0.15, 0.2) is 59.5 Å². The van der Waals surface area contributed by atoms with E-state index in [0.717, 1.165) is 12.3 Å². The van der Waals surface area contributed by atoms with E-state index in [1.54, 1.807) is 12.1 Å². The van der Waals surface area contributed by atoms with Gasteiger partial charge in [0.15, 0.2) is 0 Å². The highest BCUT2D eigenvalue weighted by Gasteiger charge is 2.34. The molecule has 24 heavy (non-hydrogen) atoms. The molecule has 0 aliphatic heterocycles. The molecule has 2 aromatic carbocycles. The lowest BCUT2D eigenvalue weighted by atomic mass is 10.1. The number of hydrogen-bond donors (Lipinski definition) is 1. The van der Waals surface area contributed by atoms with E-state index in [4.69, 9.17) is 5.73 Å². The maximum atomic E-state index is 13.3. The number of benzene rings is 2. The van der Waals surface area contributed by atoms with Gasteiger partial charge in [0.05, 0.1) is 16.8 Å². The second kappa shape index (κ2) is 5.52. The number of fused-ring (bicyclic) bond motifs is 1. The van der Waals surface area contributed by atoms with Gasteiger partial charge in [-0.3, -0.25) is 9.59 Å². The standard InChI is InChI=1S/C17H11F3N2O2/c18-17(19,20)12-6-2-4-8-14(12)22-9-11(16(21)24)15(23)10-5-1-3-7-13(10)22/h1-9H,(H2,21,24). The van der Waals surface area contributed by atoms with Crippen LogP contribution in [0.25, 0.3) is 16.6 Å². The summed E-state index contributed by atoms with van der Waals surface area (Å²) in [5.41, 5.74) is 3.40. The third-order valence-electron chi connectivity index (χ3n) is 3.65. The number of aromatic nitrogens is 1. The van der Waals surface area contributed by atoms with Gasteiger partial charge >= 0.3 is 6.18 Å². The Hall–Kier alpha value is -3.09. The molecule has 0 radical (unpaired) electrons. The Kier molecular flexibility index (Phi) is 3.63. The van der Waals surface area contributed by atoms with Crippen molar-refractivity contribution < 1.29 is 18.0 Å². The molecule has 1 amide bonds. The number of carbonyl (C=O) groups is 1. The third kappa shape index (κ3) is 2.54. The van der Waals surface area contributed by atoms with Crippen molar-refractivity contribution in [2.45, 2.75) is 6.18 Å². The lowest BCUT2D eigenvalue weighted by Gasteiger charge is -2.17. The van der Waals surface area contributed by atoms with E-state index in [-0.39, 0.29) is 22.2 Å². The number of alkyl halides is 3. The molecule has 0 aliphatic carbocycles. The maximum absolute atomic E-state index is 13.3. The number of para-hydroxylation sites is 2. The predicted molar refractivity (Wildman–Crippen MR) is 83.1 cm³/mol. The SMILES string of the molecule is NC(=O)c1cn(-c2ccccc2C(F)(F)F)c2ccccc2c1=O. The van der Waals surface area contributed by atoms with Crippen molar-refractivity contribution in [3.63, 3.8) is 0 Å². The van der Waals surface area contributed by atoms with Crippen molar-refractivity contribution in [1.82, 2.24) is 4.57 Å². The van der Waals surface area contributed by atoms with Gasteiger partial charge < -0.3 is 10.3 Å². The van der Waals surface area contributed by atoms with E-state index in [9.17, 15) is 22.8 Å². The Balaban J connectivity index is 2.47. The van der Waals surface area contributed by atoms with E-state index in [1.807, 2.05) is 0 Å². The average Bonchev–Trinajstić information content (AvgIpc) is 2.54. The molecule has 122 valence electrons. The van der Waals surface area contributed by atoms with Gasteiger partial charge in [0, 0.05) is 11.6 Å². The van der Waals surface area contributed by atoms with Crippen LogP contribution in [0.2, 0.25) is 0 Å². The molecule has 0 bridgehead atoms. The molecule has 0 spiro atoms. The summed E-state index contributed by atoms with van der Waals surface area (Å²) >= 11 is 0. The van der Waals surface area contributed by atoms with Crippen LogP contribution >= 0.6 is 0 Å². The molecule has 2 N–H and O–H groups in total. The summed E-state index contributed by atoms with van der Waals surface area (Å²) in [6, 6.07) is 11.0. The van der Waals surface area contributed by atoms with E-state index < -0.39 is 23.1 Å². The van der Waals surface area contributed by atoms with Gasteiger partial charge in [-0.1, -0.05) is 24.3 Å². The number of nitrogens with zero attached hydrogens (tertiary/aromatic N) is 1. The zero-order valence-corrected chi connectivity index (χ0v) is 12.2. The first-order valence-corrected chi connectivity index (χ1v) is 6.91. The van der Waals surface area contributed by atoms with E-state index >= 15 is 0 Å². The van der Waals surface area contributed by atoms with Crippen LogP contribution in [-0.2, 0) is 6.18 Å². The Bertz CT molecular complexity index is 1010. The molecule has 0 saturated heterocycles. The minimum Gasteiger partial charge on any atom is -0.365 e. The van der Waals surface area contributed by atoms with E-state index in [2.05, 4.69) is 0 Å². The van der Waals surface area contributed by atoms with Crippen molar-refractivity contribution >= 4 is 16.8 Å². The molecule has 3 rings (SSSR count). The molecular weight excluding hydrogens is 321 g/mol. The minimum atomic E-state index is -4.59. The number of halogens is 3. The highest BCUT2D eigenvalue weighted by atomic mass is 19.4. The number of amides is 1. The van der Waals surface area contributed by atoms with Gasteiger partial charge in [-0.05, 0) is 24.3 Å². The van der Waals surface area contributed by atoms with Gasteiger partial charge in [-0.15, -0.1) is 0 Å². The Morgan fingerprint density at radius 3 is 2.29 bits per heavy atom. The Morgan fingerprint density at radius 1 is 1.00 bits per heavy atom. The van der Waals surface area contributed by atoms with Crippen molar-refractivity contribution in [2.75, 3.05) is 0 Å². The lowest BCUT2D eigenvalue weighted by Crippen LogP contribution is -2.24. The van der Waals surface area contributed by atoms with Gasteiger partial charge in [-0.25, -0.2) is 0 Å². The van der Waals surface area contributed by atoms with Gasteiger partial charge in [0.25, 0.3) is 5.91 Å². The largest absolute Gasteiger partial charge is 0.418 e. The number of nitrogens with two attached hydrogens (primary N) is 1. The lowest BCUT2D eigenvalue weighted by molar-refractivity contribution is -0.137. The van der Waals surface area contributed by atoms with E-state index in [0.29, 0.717) is 0 Å². The first-order valence-electron chi connectivity index (χ1n) is 6.91. The quantitative estimate of drug-likeness (QED) is 0.784. The zero-order valence-electron chi connectivity index (χ0n) is 12.2. The van der Waals surface area contributed by atoms with E-state index in [1.165, 1.54) is 34.9 Å². The summed E-state index contributed by atoms with van der Waals surface area (Å²) < 4.78 is 41.1. The number of primary amides is 1. The third-order valence-corrected chi connectivity index (χ3v) is 3.65. The van der Waals surface area contributed by atoms with Crippen LogP contribution in [-0.4, -0.2) is 10.5 Å². The molecule has 0 unspecified atom stereocenters. The molecule has 0 atom stereocenters. The van der Waals surface area contributed by atoms with Crippen LogP contribution in [0.1, 0.15) is 15.9 Å². The van der Waals surface area contributed by atoms with Gasteiger partial charge in [-0.2, -0.15) is 13.2 Å². The average molecular weight is 332 g/mol.